The predicted molar refractivity (Wildman–Crippen MR) is 129 cm³/mol. The van der Waals surface area contributed by atoms with E-state index in [2.05, 4.69) is 0 Å². The second-order valence-electron chi connectivity index (χ2n) is 8.71. The summed E-state index contributed by atoms with van der Waals surface area (Å²) in [7, 11) is 0. The van der Waals surface area contributed by atoms with E-state index in [4.69, 9.17) is 14.6 Å². The SMILES string of the molecule is CC1C(c2ccccc2)OC(=O)N1C(=O)C(Cc1ccccc1)C1OC(=CCCCO)C=CC1=O. The number of aliphatic hydroxyl groups excluding tert-OH is 1. The molecule has 0 radical (unpaired) electrons. The van der Waals surface area contributed by atoms with Crippen molar-refractivity contribution in [3.05, 3.63) is 95.8 Å². The highest BCUT2D eigenvalue weighted by atomic mass is 16.6. The highest BCUT2D eigenvalue weighted by Crippen LogP contribution is 2.35. The van der Waals surface area contributed by atoms with Gasteiger partial charge >= 0.3 is 6.09 Å². The van der Waals surface area contributed by atoms with E-state index in [-0.39, 0.29) is 18.8 Å². The average molecular weight is 476 g/mol. The predicted octanol–water partition coefficient (Wildman–Crippen LogP) is 4.13. The minimum absolute atomic E-state index is 0.0442. The van der Waals surface area contributed by atoms with Gasteiger partial charge in [0, 0.05) is 6.61 Å². The highest BCUT2D eigenvalue weighted by Gasteiger charge is 2.48. The second kappa shape index (κ2) is 11.1. The molecule has 4 rings (SSSR count). The lowest BCUT2D eigenvalue weighted by Gasteiger charge is -2.31. The summed E-state index contributed by atoms with van der Waals surface area (Å²) in [6.07, 6.45) is 3.71. The number of allylic oxidation sites excluding steroid dienone is 2. The van der Waals surface area contributed by atoms with E-state index in [0.29, 0.717) is 18.6 Å². The van der Waals surface area contributed by atoms with E-state index in [1.807, 2.05) is 60.7 Å². The van der Waals surface area contributed by atoms with Gasteiger partial charge in [-0.25, -0.2) is 9.69 Å². The van der Waals surface area contributed by atoms with Gasteiger partial charge in [0.15, 0.2) is 11.9 Å². The van der Waals surface area contributed by atoms with Crippen molar-refractivity contribution in [1.29, 1.82) is 0 Å². The van der Waals surface area contributed by atoms with Gasteiger partial charge in [-0.3, -0.25) is 9.59 Å². The molecule has 182 valence electrons. The first-order valence-electron chi connectivity index (χ1n) is 11.8. The molecule has 2 amide bonds. The standard InChI is InChI=1S/C28H29NO6/c1-19-25(21-12-6-3-7-13-21)35-28(33)29(19)27(32)23(18-20-10-4-2-5-11-20)26-24(31)16-15-22(34-26)14-8-9-17-30/h2-7,10-16,19,23,25-26,30H,8-9,17-18H2,1H3. The monoisotopic (exact) mass is 475 g/mol. The molecule has 4 unspecified atom stereocenters. The number of cyclic esters (lactones) is 1. The lowest BCUT2D eigenvalue weighted by atomic mass is 9.88. The minimum Gasteiger partial charge on any atom is -0.482 e. The molecule has 1 N–H and O–H groups in total. The van der Waals surface area contributed by atoms with Crippen LogP contribution in [-0.2, 0) is 25.5 Å². The summed E-state index contributed by atoms with van der Waals surface area (Å²) in [5.74, 6) is -1.31. The molecule has 2 aliphatic rings. The Kier molecular flexibility index (Phi) is 7.77. The molecular weight excluding hydrogens is 446 g/mol. The molecule has 35 heavy (non-hydrogen) atoms. The number of ketones is 1. The fraction of sp³-hybridized carbons (Fsp3) is 0.321. The summed E-state index contributed by atoms with van der Waals surface area (Å²) >= 11 is 0. The van der Waals surface area contributed by atoms with Crippen molar-refractivity contribution in [2.75, 3.05) is 6.61 Å². The molecule has 0 aromatic heterocycles. The first-order valence-corrected chi connectivity index (χ1v) is 11.8. The van der Waals surface area contributed by atoms with Crippen LogP contribution in [-0.4, -0.2) is 46.5 Å². The molecule has 7 heteroatoms. The highest BCUT2D eigenvalue weighted by molar-refractivity contribution is 6.02. The molecule has 2 aromatic carbocycles. The van der Waals surface area contributed by atoms with Gasteiger partial charge in [-0.05, 0) is 55.5 Å². The lowest BCUT2D eigenvalue weighted by Crippen LogP contribution is -2.48. The number of benzene rings is 2. The summed E-state index contributed by atoms with van der Waals surface area (Å²) in [5, 5.41) is 9.05. The van der Waals surface area contributed by atoms with Gasteiger partial charge in [-0.15, -0.1) is 0 Å². The normalized spacial score (nSPS) is 23.8. The average Bonchev–Trinajstić information content (AvgIpc) is 3.18. The Morgan fingerprint density at radius 1 is 1.03 bits per heavy atom. The summed E-state index contributed by atoms with van der Waals surface area (Å²) in [6.45, 7) is 1.81. The maximum Gasteiger partial charge on any atom is 0.417 e. The fourth-order valence-electron chi connectivity index (χ4n) is 4.45. The number of imide groups is 1. The summed E-state index contributed by atoms with van der Waals surface area (Å²) in [5.41, 5.74) is 1.65. The molecule has 4 atom stereocenters. The maximum atomic E-state index is 13.9. The van der Waals surface area contributed by atoms with E-state index in [9.17, 15) is 14.4 Å². The van der Waals surface area contributed by atoms with Gasteiger partial charge in [0.1, 0.15) is 11.9 Å². The van der Waals surface area contributed by atoms with Crippen molar-refractivity contribution in [3.8, 4) is 0 Å². The van der Waals surface area contributed by atoms with Crippen molar-refractivity contribution in [1.82, 2.24) is 4.90 Å². The minimum atomic E-state index is -1.08. The van der Waals surface area contributed by atoms with Crippen molar-refractivity contribution in [2.45, 2.75) is 44.4 Å². The Balaban J connectivity index is 1.63. The van der Waals surface area contributed by atoms with Crippen LogP contribution < -0.4 is 0 Å². The van der Waals surface area contributed by atoms with Gasteiger partial charge in [0.05, 0.1) is 12.0 Å². The van der Waals surface area contributed by atoms with E-state index in [0.717, 1.165) is 16.0 Å². The van der Waals surface area contributed by atoms with E-state index in [1.165, 1.54) is 6.08 Å². The van der Waals surface area contributed by atoms with Crippen LogP contribution in [0.1, 0.15) is 37.0 Å². The second-order valence-corrected chi connectivity index (χ2v) is 8.71. The van der Waals surface area contributed by atoms with Crippen molar-refractivity contribution in [2.24, 2.45) is 5.92 Å². The first kappa shape index (κ1) is 24.4. The lowest BCUT2D eigenvalue weighted by molar-refractivity contribution is -0.143. The van der Waals surface area contributed by atoms with Crippen LogP contribution in [0.4, 0.5) is 4.79 Å². The zero-order chi connectivity index (χ0) is 24.8. The molecule has 0 saturated carbocycles. The van der Waals surface area contributed by atoms with Crippen molar-refractivity contribution < 1.29 is 29.0 Å². The number of carbonyl (C=O) groups is 3. The quantitative estimate of drug-likeness (QED) is 0.577. The topological polar surface area (TPSA) is 93.1 Å². The van der Waals surface area contributed by atoms with Crippen LogP contribution in [0.25, 0.3) is 0 Å². The molecule has 2 aromatic rings. The van der Waals surface area contributed by atoms with Gasteiger partial charge < -0.3 is 14.6 Å². The molecule has 2 aliphatic heterocycles. The number of nitrogens with zero attached hydrogens (tertiary/aromatic N) is 1. The molecule has 1 fully saturated rings. The number of ether oxygens (including phenoxy) is 2. The number of aliphatic hydroxyl groups is 1. The zero-order valence-electron chi connectivity index (χ0n) is 19.6. The third-order valence-electron chi connectivity index (χ3n) is 6.28. The number of carbonyl (C=O) groups excluding carboxylic acids is 3. The van der Waals surface area contributed by atoms with Crippen LogP contribution in [0.15, 0.2) is 84.7 Å². The maximum absolute atomic E-state index is 13.9. The Bertz CT molecular complexity index is 1110. The van der Waals surface area contributed by atoms with Crippen LogP contribution in [0.5, 0.6) is 0 Å². The first-order chi connectivity index (χ1) is 17.0. The Morgan fingerprint density at radius 3 is 2.40 bits per heavy atom. The Hall–Kier alpha value is -3.71. The summed E-state index contributed by atoms with van der Waals surface area (Å²) in [4.78, 5) is 40.8. The summed E-state index contributed by atoms with van der Waals surface area (Å²) < 4.78 is 11.6. The van der Waals surface area contributed by atoms with Crippen LogP contribution >= 0.6 is 0 Å². The molecular formula is C28H29NO6. The van der Waals surface area contributed by atoms with Gasteiger partial charge in [0.2, 0.25) is 5.91 Å². The van der Waals surface area contributed by atoms with Gasteiger partial charge in [0.25, 0.3) is 0 Å². The molecule has 0 aliphatic carbocycles. The van der Waals surface area contributed by atoms with Crippen molar-refractivity contribution >= 4 is 17.8 Å². The van der Waals surface area contributed by atoms with Crippen LogP contribution in [0.2, 0.25) is 0 Å². The third-order valence-corrected chi connectivity index (χ3v) is 6.28. The van der Waals surface area contributed by atoms with Crippen LogP contribution in [0.3, 0.4) is 0 Å². The summed E-state index contributed by atoms with van der Waals surface area (Å²) in [6, 6.07) is 18.1. The van der Waals surface area contributed by atoms with Gasteiger partial charge in [-0.2, -0.15) is 0 Å². The number of unbranched alkanes of at least 4 members (excludes halogenated alkanes) is 1. The number of amides is 2. The Labute approximate surface area is 204 Å². The Morgan fingerprint density at radius 2 is 1.71 bits per heavy atom. The van der Waals surface area contributed by atoms with E-state index in [1.54, 1.807) is 19.1 Å². The fourth-order valence-corrected chi connectivity index (χ4v) is 4.45. The molecule has 1 saturated heterocycles. The molecule has 2 heterocycles. The van der Waals surface area contributed by atoms with E-state index < -0.39 is 36.2 Å². The molecule has 0 spiro atoms. The molecule has 0 bridgehead atoms. The van der Waals surface area contributed by atoms with Gasteiger partial charge in [-0.1, -0.05) is 60.7 Å². The number of hydrogen-bond donors (Lipinski definition) is 1. The number of rotatable bonds is 8. The third kappa shape index (κ3) is 5.52. The zero-order valence-corrected chi connectivity index (χ0v) is 19.6. The smallest absolute Gasteiger partial charge is 0.417 e. The molecule has 7 nitrogen and oxygen atoms in total. The largest absolute Gasteiger partial charge is 0.482 e. The number of hydrogen-bond acceptors (Lipinski definition) is 6. The van der Waals surface area contributed by atoms with E-state index >= 15 is 0 Å². The van der Waals surface area contributed by atoms with Crippen LogP contribution in [0, 0.1) is 5.92 Å². The van der Waals surface area contributed by atoms with Crippen molar-refractivity contribution in [3.63, 3.8) is 0 Å².